The van der Waals surface area contributed by atoms with Crippen molar-refractivity contribution < 1.29 is 22.4 Å². The van der Waals surface area contributed by atoms with Gasteiger partial charge in [0.15, 0.2) is 5.58 Å². The molecule has 2 aromatic carbocycles. The highest BCUT2D eigenvalue weighted by Gasteiger charge is 2.35. The number of fused-ring (bicyclic) bond motifs is 1. The van der Waals surface area contributed by atoms with E-state index in [0.29, 0.717) is 34.0 Å². The molecule has 0 N–H and O–H groups in total. The van der Waals surface area contributed by atoms with Crippen LogP contribution in [-0.4, -0.2) is 22.3 Å². The molecule has 3 heterocycles. The molecule has 0 aliphatic carbocycles. The summed E-state index contributed by atoms with van der Waals surface area (Å²) in [6, 6.07) is 13.7. The van der Waals surface area contributed by atoms with E-state index >= 15 is 0 Å². The van der Waals surface area contributed by atoms with Gasteiger partial charge in [-0.2, -0.15) is 13.2 Å². The van der Waals surface area contributed by atoms with E-state index in [1.54, 1.807) is 35.2 Å². The van der Waals surface area contributed by atoms with Gasteiger partial charge in [0, 0.05) is 6.54 Å². The number of benzene rings is 2. The maximum Gasteiger partial charge on any atom is 0.417 e. The minimum atomic E-state index is -4.45. The van der Waals surface area contributed by atoms with E-state index in [1.807, 2.05) is 11.4 Å². The molecule has 4 aromatic rings. The van der Waals surface area contributed by atoms with Gasteiger partial charge in [0.1, 0.15) is 11.6 Å². The molecule has 8 heteroatoms. The smallest absolute Gasteiger partial charge is 0.417 e. The van der Waals surface area contributed by atoms with Crippen molar-refractivity contribution in [3.63, 3.8) is 0 Å². The number of aromatic nitrogens is 1. The minimum Gasteiger partial charge on any atom is -0.438 e. The number of amides is 1. The van der Waals surface area contributed by atoms with E-state index in [2.05, 4.69) is 4.98 Å². The molecule has 0 saturated carbocycles. The monoisotopic (exact) mass is 442 g/mol. The van der Waals surface area contributed by atoms with Crippen molar-refractivity contribution in [2.45, 2.75) is 25.1 Å². The van der Waals surface area contributed by atoms with Crippen LogP contribution >= 0.6 is 11.3 Å². The van der Waals surface area contributed by atoms with E-state index in [-0.39, 0.29) is 17.5 Å². The van der Waals surface area contributed by atoms with E-state index in [0.717, 1.165) is 18.9 Å². The highest BCUT2D eigenvalue weighted by molar-refractivity contribution is 7.12. The summed E-state index contributed by atoms with van der Waals surface area (Å²) in [6.07, 6.45) is -2.88. The lowest BCUT2D eigenvalue weighted by atomic mass is 9.99. The van der Waals surface area contributed by atoms with Crippen molar-refractivity contribution >= 4 is 28.3 Å². The van der Waals surface area contributed by atoms with Gasteiger partial charge in [-0.15, -0.1) is 11.3 Å². The van der Waals surface area contributed by atoms with Gasteiger partial charge in [0.2, 0.25) is 5.89 Å². The molecule has 1 aliphatic heterocycles. The van der Waals surface area contributed by atoms with Crippen LogP contribution in [0.2, 0.25) is 0 Å². The lowest BCUT2D eigenvalue weighted by molar-refractivity contribution is -0.137. The van der Waals surface area contributed by atoms with Gasteiger partial charge >= 0.3 is 6.18 Å². The summed E-state index contributed by atoms with van der Waals surface area (Å²) in [5.41, 5.74) is 0.773. The fourth-order valence-corrected chi connectivity index (χ4v) is 4.72. The Kier molecular flexibility index (Phi) is 4.81. The molecule has 0 unspecified atom stereocenters. The number of carbonyl (C=O) groups excluding carboxylic acids is 1. The Morgan fingerprint density at radius 2 is 1.97 bits per heavy atom. The van der Waals surface area contributed by atoms with Gasteiger partial charge in [-0.25, -0.2) is 4.98 Å². The van der Waals surface area contributed by atoms with E-state index in [1.165, 1.54) is 23.5 Å². The van der Waals surface area contributed by atoms with Crippen molar-refractivity contribution in [1.29, 1.82) is 0 Å². The number of alkyl halides is 3. The first-order valence-corrected chi connectivity index (χ1v) is 10.7. The lowest BCUT2D eigenvalue weighted by Crippen LogP contribution is -2.30. The number of carbonyl (C=O) groups is 1. The molecule has 0 bridgehead atoms. The van der Waals surface area contributed by atoms with Crippen molar-refractivity contribution in [2.24, 2.45) is 0 Å². The highest BCUT2D eigenvalue weighted by atomic mass is 32.1. The fraction of sp³-hybridized carbons (Fsp3) is 0.217. The number of likely N-dealkylation sites (tertiary alicyclic amines) is 1. The number of thiophene rings is 1. The Labute approximate surface area is 179 Å². The van der Waals surface area contributed by atoms with Gasteiger partial charge in [-0.05, 0) is 53.6 Å². The first kappa shape index (κ1) is 19.8. The molecule has 158 valence electrons. The maximum absolute atomic E-state index is 13.4. The number of nitrogens with zero attached hydrogens (tertiary/aromatic N) is 2. The van der Waals surface area contributed by atoms with Crippen molar-refractivity contribution in [2.75, 3.05) is 6.54 Å². The predicted molar refractivity (Wildman–Crippen MR) is 112 cm³/mol. The topological polar surface area (TPSA) is 46.3 Å². The Morgan fingerprint density at radius 3 is 2.74 bits per heavy atom. The standard InChI is InChI=1S/C23H17F3N2O2S/c24-23(25,26)16-6-2-1-5-15(16)14-9-10-19-17(13-14)27-21(30-19)18-7-3-11-28(18)22(29)20-8-4-12-31-20/h1-2,4-6,8-10,12-13,18H,3,7,11H2/t18-/m0/s1. The summed E-state index contributed by atoms with van der Waals surface area (Å²) in [5, 5.41) is 1.86. The van der Waals surface area contributed by atoms with Gasteiger partial charge in [0.05, 0.1) is 10.4 Å². The molecule has 1 amide bonds. The fourth-order valence-electron chi connectivity index (χ4n) is 4.05. The van der Waals surface area contributed by atoms with E-state index in [9.17, 15) is 18.0 Å². The van der Waals surface area contributed by atoms with Crippen LogP contribution in [0, 0.1) is 0 Å². The first-order chi connectivity index (χ1) is 14.9. The van der Waals surface area contributed by atoms with E-state index in [4.69, 9.17) is 4.42 Å². The highest BCUT2D eigenvalue weighted by Crippen LogP contribution is 2.39. The van der Waals surface area contributed by atoms with Gasteiger partial charge in [0.25, 0.3) is 5.91 Å². The van der Waals surface area contributed by atoms with Gasteiger partial charge < -0.3 is 9.32 Å². The molecule has 0 spiro atoms. The normalized spacial score (nSPS) is 16.9. The Balaban J connectivity index is 1.50. The molecule has 2 aromatic heterocycles. The summed E-state index contributed by atoms with van der Waals surface area (Å²) in [5.74, 6) is 0.359. The zero-order chi connectivity index (χ0) is 21.6. The average Bonchev–Trinajstić information content (AvgIpc) is 3.52. The number of hydrogen-bond acceptors (Lipinski definition) is 4. The van der Waals surface area contributed by atoms with Crippen LogP contribution in [0.15, 0.2) is 64.4 Å². The summed E-state index contributed by atoms with van der Waals surface area (Å²) in [6.45, 7) is 0.615. The largest absolute Gasteiger partial charge is 0.438 e. The second kappa shape index (κ2) is 7.53. The number of oxazole rings is 1. The van der Waals surface area contributed by atoms with E-state index < -0.39 is 11.7 Å². The van der Waals surface area contributed by atoms with Gasteiger partial charge in [-0.3, -0.25) is 4.79 Å². The summed E-state index contributed by atoms with van der Waals surface area (Å²) in [4.78, 5) is 19.8. The van der Waals surface area contributed by atoms with Crippen LogP contribution in [0.25, 0.3) is 22.2 Å². The number of rotatable bonds is 3. The van der Waals surface area contributed by atoms with Crippen LogP contribution in [0.4, 0.5) is 13.2 Å². The zero-order valence-electron chi connectivity index (χ0n) is 16.2. The second-order valence-electron chi connectivity index (χ2n) is 7.41. The molecule has 1 saturated heterocycles. The van der Waals surface area contributed by atoms with Gasteiger partial charge in [-0.1, -0.05) is 30.3 Å². The second-order valence-corrected chi connectivity index (χ2v) is 8.36. The molecule has 1 atom stereocenters. The number of halogens is 3. The first-order valence-electron chi connectivity index (χ1n) is 9.83. The predicted octanol–water partition coefficient (Wildman–Crippen LogP) is 6.55. The lowest BCUT2D eigenvalue weighted by Gasteiger charge is -2.21. The van der Waals surface area contributed by atoms with Crippen molar-refractivity contribution in [3.8, 4) is 11.1 Å². The van der Waals surface area contributed by atoms with Crippen molar-refractivity contribution in [3.05, 3.63) is 76.3 Å². The quantitative estimate of drug-likeness (QED) is 0.361. The summed E-state index contributed by atoms with van der Waals surface area (Å²) >= 11 is 1.39. The average molecular weight is 442 g/mol. The molecule has 1 fully saturated rings. The maximum atomic E-state index is 13.4. The van der Waals surface area contributed by atoms with Crippen LogP contribution < -0.4 is 0 Å². The van der Waals surface area contributed by atoms with Crippen LogP contribution in [0.5, 0.6) is 0 Å². The molecular formula is C23H17F3N2O2S. The SMILES string of the molecule is O=C(c1cccs1)N1CCC[C@H]1c1nc2cc(-c3ccccc3C(F)(F)F)ccc2o1. The Bertz CT molecular complexity index is 1250. The molecular weight excluding hydrogens is 425 g/mol. The molecule has 4 nitrogen and oxygen atoms in total. The third-order valence-electron chi connectivity index (χ3n) is 5.48. The molecule has 1 aliphatic rings. The Morgan fingerprint density at radius 1 is 1.13 bits per heavy atom. The summed E-state index contributed by atoms with van der Waals surface area (Å²) < 4.78 is 46.2. The van der Waals surface area contributed by atoms with Crippen LogP contribution in [0.1, 0.15) is 40.0 Å². The summed E-state index contributed by atoms with van der Waals surface area (Å²) in [7, 11) is 0. The van der Waals surface area contributed by atoms with Crippen LogP contribution in [-0.2, 0) is 6.18 Å². The molecule has 0 radical (unpaired) electrons. The molecule has 31 heavy (non-hydrogen) atoms. The van der Waals surface area contributed by atoms with Crippen molar-refractivity contribution in [1.82, 2.24) is 9.88 Å². The number of hydrogen-bond donors (Lipinski definition) is 0. The van der Waals surface area contributed by atoms with Crippen LogP contribution in [0.3, 0.4) is 0 Å². The third kappa shape index (κ3) is 3.61. The molecule has 5 rings (SSSR count). The minimum absolute atomic E-state index is 0.0560. The Hall–Kier alpha value is -3.13. The third-order valence-corrected chi connectivity index (χ3v) is 6.34. The zero-order valence-corrected chi connectivity index (χ0v) is 17.0.